The van der Waals surface area contributed by atoms with Crippen LogP contribution in [-0.2, 0) is 20.7 Å². The number of urea groups is 1. The maximum absolute atomic E-state index is 11.6. The van der Waals surface area contributed by atoms with Gasteiger partial charge in [0.15, 0.2) is 4.34 Å². The molecule has 0 aliphatic carbocycles. The average molecular weight is 345 g/mol. The highest BCUT2D eigenvalue weighted by Gasteiger charge is 2.11. The van der Waals surface area contributed by atoms with Crippen molar-refractivity contribution in [1.29, 1.82) is 0 Å². The largest absolute Gasteiger partial charge is 0.466 e. The smallest absolute Gasteiger partial charge is 0.321 e. The fraction of sp³-hybridized carbons (Fsp3) is 0.538. The Bertz CT molecular complexity index is 519. The van der Waals surface area contributed by atoms with Gasteiger partial charge in [-0.3, -0.25) is 14.9 Å². The first-order chi connectivity index (χ1) is 10.5. The first-order valence-electron chi connectivity index (χ1n) is 6.85. The monoisotopic (exact) mass is 345 g/mol. The van der Waals surface area contributed by atoms with Crippen LogP contribution in [0.1, 0.15) is 26.0 Å². The number of nitrogens with one attached hydrogen (secondary N) is 2. The number of aromatic nitrogens is 1. The standard InChI is InChI=1S/C13H19N3O4S2/c1-3-5-14-12(19)16-10(17)8-22-13-15-9(7-21-13)6-11(18)20-4-2/h7H,3-6,8H2,1-2H3,(H2,14,16,17,19). The summed E-state index contributed by atoms with van der Waals surface area (Å²) in [6.07, 6.45) is 0.926. The van der Waals surface area contributed by atoms with Crippen LogP contribution < -0.4 is 10.6 Å². The third-order valence-corrected chi connectivity index (χ3v) is 4.35. The van der Waals surface area contributed by atoms with Crippen LogP contribution in [0.2, 0.25) is 0 Å². The van der Waals surface area contributed by atoms with Crippen molar-refractivity contribution < 1.29 is 19.1 Å². The highest BCUT2D eigenvalue weighted by molar-refractivity contribution is 8.01. The summed E-state index contributed by atoms with van der Waals surface area (Å²) < 4.78 is 5.51. The molecule has 122 valence electrons. The van der Waals surface area contributed by atoms with E-state index in [9.17, 15) is 14.4 Å². The lowest BCUT2D eigenvalue weighted by molar-refractivity contribution is -0.142. The number of hydrogen-bond donors (Lipinski definition) is 2. The van der Waals surface area contributed by atoms with Gasteiger partial charge in [0.1, 0.15) is 0 Å². The van der Waals surface area contributed by atoms with Crippen molar-refractivity contribution in [1.82, 2.24) is 15.6 Å². The van der Waals surface area contributed by atoms with Crippen LogP contribution >= 0.6 is 23.1 Å². The number of rotatable bonds is 8. The van der Waals surface area contributed by atoms with Crippen molar-refractivity contribution in [3.8, 4) is 0 Å². The Morgan fingerprint density at radius 1 is 1.36 bits per heavy atom. The molecule has 0 aliphatic rings. The predicted octanol–water partition coefficient (Wildman–Crippen LogP) is 1.58. The van der Waals surface area contributed by atoms with E-state index >= 15 is 0 Å². The lowest BCUT2D eigenvalue weighted by atomic mass is 10.3. The van der Waals surface area contributed by atoms with E-state index in [4.69, 9.17) is 4.74 Å². The van der Waals surface area contributed by atoms with Gasteiger partial charge in [0, 0.05) is 11.9 Å². The molecule has 0 unspecified atom stereocenters. The van der Waals surface area contributed by atoms with Gasteiger partial charge in [0.05, 0.1) is 24.5 Å². The molecule has 0 saturated heterocycles. The van der Waals surface area contributed by atoms with Crippen LogP contribution in [0.5, 0.6) is 0 Å². The molecule has 0 spiro atoms. The second kappa shape index (κ2) is 10.2. The van der Waals surface area contributed by atoms with E-state index in [0.717, 1.165) is 6.42 Å². The van der Waals surface area contributed by atoms with Gasteiger partial charge in [0.25, 0.3) is 0 Å². The van der Waals surface area contributed by atoms with Crippen molar-refractivity contribution in [3.05, 3.63) is 11.1 Å². The molecule has 0 saturated carbocycles. The predicted molar refractivity (Wildman–Crippen MR) is 85.0 cm³/mol. The third kappa shape index (κ3) is 7.41. The molecule has 0 aromatic carbocycles. The van der Waals surface area contributed by atoms with Crippen molar-refractivity contribution in [2.45, 2.75) is 31.0 Å². The minimum atomic E-state index is -0.491. The molecule has 1 heterocycles. The van der Waals surface area contributed by atoms with Gasteiger partial charge < -0.3 is 10.1 Å². The summed E-state index contributed by atoms with van der Waals surface area (Å²) in [5.41, 5.74) is 0.618. The van der Waals surface area contributed by atoms with E-state index in [1.54, 1.807) is 12.3 Å². The SMILES string of the molecule is CCCNC(=O)NC(=O)CSc1nc(CC(=O)OCC)cs1. The molecule has 1 rings (SSSR count). The van der Waals surface area contributed by atoms with Crippen molar-refractivity contribution in [2.24, 2.45) is 0 Å². The molecular formula is C13H19N3O4S2. The number of ether oxygens (including phenoxy) is 1. The Kier molecular flexibility index (Phi) is 8.53. The van der Waals surface area contributed by atoms with Crippen molar-refractivity contribution in [2.75, 3.05) is 18.9 Å². The number of hydrogen-bond acceptors (Lipinski definition) is 7. The molecule has 0 atom stereocenters. The molecule has 0 bridgehead atoms. The van der Waals surface area contributed by atoms with Crippen LogP contribution in [0.25, 0.3) is 0 Å². The molecule has 1 aromatic rings. The van der Waals surface area contributed by atoms with Gasteiger partial charge in [0.2, 0.25) is 5.91 Å². The minimum Gasteiger partial charge on any atom is -0.466 e. The third-order valence-electron chi connectivity index (χ3n) is 2.28. The summed E-state index contributed by atoms with van der Waals surface area (Å²) in [7, 11) is 0. The topological polar surface area (TPSA) is 97.4 Å². The normalized spacial score (nSPS) is 10.1. The van der Waals surface area contributed by atoms with Gasteiger partial charge in [-0.25, -0.2) is 9.78 Å². The Morgan fingerprint density at radius 3 is 2.82 bits per heavy atom. The van der Waals surface area contributed by atoms with Gasteiger partial charge in [-0.2, -0.15) is 0 Å². The Balaban J connectivity index is 2.32. The zero-order chi connectivity index (χ0) is 16.4. The van der Waals surface area contributed by atoms with E-state index < -0.39 is 6.03 Å². The first-order valence-corrected chi connectivity index (χ1v) is 8.72. The van der Waals surface area contributed by atoms with Gasteiger partial charge >= 0.3 is 12.0 Å². The van der Waals surface area contributed by atoms with Gasteiger partial charge in [-0.15, -0.1) is 11.3 Å². The maximum atomic E-state index is 11.6. The Morgan fingerprint density at radius 2 is 2.14 bits per heavy atom. The maximum Gasteiger partial charge on any atom is 0.321 e. The number of imide groups is 1. The minimum absolute atomic E-state index is 0.0892. The number of amides is 3. The molecule has 7 nitrogen and oxygen atoms in total. The van der Waals surface area contributed by atoms with Crippen LogP contribution in [0.3, 0.4) is 0 Å². The average Bonchev–Trinajstić information content (AvgIpc) is 2.90. The van der Waals surface area contributed by atoms with Crippen LogP contribution in [-0.4, -0.2) is 41.8 Å². The molecular weight excluding hydrogens is 326 g/mol. The lowest BCUT2D eigenvalue weighted by Crippen LogP contribution is -2.40. The van der Waals surface area contributed by atoms with Crippen molar-refractivity contribution >= 4 is 41.0 Å². The summed E-state index contributed by atoms with van der Waals surface area (Å²) in [4.78, 5) is 38.4. The Labute approximate surface area is 137 Å². The summed E-state index contributed by atoms with van der Waals surface area (Å²) in [5, 5.41) is 6.54. The second-order valence-electron chi connectivity index (χ2n) is 4.18. The zero-order valence-corrected chi connectivity index (χ0v) is 14.1. The van der Waals surface area contributed by atoms with Gasteiger partial charge in [-0.05, 0) is 13.3 Å². The summed E-state index contributed by atoms with van der Waals surface area (Å²) in [6.45, 7) is 4.53. The van der Waals surface area contributed by atoms with Gasteiger partial charge in [-0.1, -0.05) is 18.7 Å². The number of carbonyl (C=O) groups is 3. The fourth-order valence-corrected chi connectivity index (χ4v) is 3.01. The van der Waals surface area contributed by atoms with Crippen molar-refractivity contribution in [3.63, 3.8) is 0 Å². The van der Waals surface area contributed by atoms with E-state index in [2.05, 4.69) is 15.6 Å². The quantitative estimate of drug-likeness (QED) is 0.548. The highest BCUT2D eigenvalue weighted by Crippen LogP contribution is 2.22. The zero-order valence-electron chi connectivity index (χ0n) is 12.5. The van der Waals surface area contributed by atoms with E-state index in [1.165, 1.54) is 23.1 Å². The number of thiazole rings is 1. The highest BCUT2D eigenvalue weighted by atomic mass is 32.2. The molecule has 0 aliphatic heterocycles. The van der Waals surface area contributed by atoms with Crippen LogP contribution in [0.15, 0.2) is 9.72 Å². The van der Waals surface area contributed by atoms with E-state index in [0.29, 0.717) is 23.2 Å². The lowest BCUT2D eigenvalue weighted by Gasteiger charge is -2.04. The molecule has 22 heavy (non-hydrogen) atoms. The van der Waals surface area contributed by atoms with E-state index in [1.807, 2.05) is 6.92 Å². The summed E-state index contributed by atoms with van der Waals surface area (Å²) in [6, 6.07) is -0.491. The first kappa shape index (κ1) is 18.4. The van der Waals surface area contributed by atoms with Crippen LogP contribution in [0, 0.1) is 0 Å². The number of nitrogens with zero attached hydrogens (tertiary/aromatic N) is 1. The fourth-order valence-electron chi connectivity index (χ4n) is 1.37. The number of thioether (sulfide) groups is 1. The number of esters is 1. The molecule has 0 fully saturated rings. The summed E-state index contributed by atoms with van der Waals surface area (Å²) in [5.74, 6) is -0.623. The second-order valence-corrected chi connectivity index (χ2v) is 6.26. The number of carbonyl (C=O) groups excluding carboxylic acids is 3. The molecule has 2 N–H and O–H groups in total. The molecule has 9 heteroatoms. The molecule has 1 aromatic heterocycles. The van der Waals surface area contributed by atoms with Crippen LogP contribution in [0.4, 0.5) is 4.79 Å². The molecule has 3 amide bonds. The Hall–Kier alpha value is -1.61. The summed E-state index contributed by atoms with van der Waals surface area (Å²) >= 11 is 2.57. The molecule has 0 radical (unpaired) electrons. The van der Waals surface area contributed by atoms with E-state index in [-0.39, 0.29) is 24.1 Å².